The second-order valence-electron chi connectivity index (χ2n) is 7.54. The van der Waals surface area contributed by atoms with Gasteiger partial charge in [0.25, 0.3) is 0 Å². The molecule has 0 bridgehead atoms. The maximum absolute atomic E-state index is 5.81. The molecule has 0 atom stereocenters. The predicted octanol–water partition coefficient (Wildman–Crippen LogP) is 1.29. The SMILES string of the molecule is [Br-].[Mg+2].[c-]1ccc(OCCCN2CCN(C(c3ccccc3)c3ccccc3)CC2)cc1. The van der Waals surface area contributed by atoms with Crippen molar-refractivity contribution in [3.8, 4) is 5.75 Å². The van der Waals surface area contributed by atoms with E-state index >= 15 is 0 Å². The average Bonchev–Trinajstić information content (AvgIpc) is 2.80. The summed E-state index contributed by atoms with van der Waals surface area (Å²) in [6, 6.07) is 32.8. The van der Waals surface area contributed by atoms with Crippen LogP contribution in [-0.2, 0) is 0 Å². The zero-order chi connectivity index (χ0) is 19.7. The van der Waals surface area contributed by atoms with Crippen molar-refractivity contribution in [2.75, 3.05) is 39.3 Å². The molecule has 1 heterocycles. The molecule has 0 saturated carbocycles. The number of hydrogen-bond acceptors (Lipinski definition) is 3. The van der Waals surface area contributed by atoms with Crippen molar-refractivity contribution in [2.45, 2.75) is 12.5 Å². The molecular weight excluding hydrogens is 461 g/mol. The van der Waals surface area contributed by atoms with E-state index in [2.05, 4.69) is 76.5 Å². The van der Waals surface area contributed by atoms with Gasteiger partial charge in [-0.25, -0.2) is 0 Å². The molecule has 0 spiro atoms. The summed E-state index contributed by atoms with van der Waals surface area (Å²) in [6.45, 7) is 6.25. The fourth-order valence-corrected chi connectivity index (χ4v) is 4.08. The molecule has 0 aliphatic carbocycles. The van der Waals surface area contributed by atoms with Crippen LogP contribution in [0.4, 0.5) is 0 Å². The molecule has 158 valence electrons. The molecule has 3 aromatic rings. The largest absolute Gasteiger partial charge is 2.00 e. The van der Waals surface area contributed by atoms with Crippen LogP contribution >= 0.6 is 0 Å². The summed E-state index contributed by atoms with van der Waals surface area (Å²) < 4.78 is 5.81. The monoisotopic (exact) mass is 488 g/mol. The van der Waals surface area contributed by atoms with Gasteiger partial charge in [-0.3, -0.25) is 4.90 Å². The minimum atomic E-state index is 0. The minimum Gasteiger partial charge on any atom is -1.00 e. The molecule has 31 heavy (non-hydrogen) atoms. The summed E-state index contributed by atoms with van der Waals surface area (Å²) in [4.78, 5) is 5.18. The molecule has 3 aromatic carbocycles. The van der Waals surface area contributed by atoms with Crippen molar-refractivity contribution in [3.63, 3.8) is 0 Å². The van der Waals surface area contributed by atoms with Gasteiger partial charge in [-0.1, -0.05) is 60.7 Å². The molecule has 1 aliphatic heterocycles. The zero-order valence-corrected chi connectivity index (χ0v) is 21.0. The zero-order valence-electron chi connectivity index (χ0n) is 18.0. The number of benzene rings is 3. The van der Waals surface area contributed by atoms with Crippen molar-refractivity contribution >= 4 is 23.1 Å². The maximum Gasteiger partial charge on any atom is 2.00 e. The Kier molecular flexibility index (Phi) is 11.6. The Morgan fingerprint density at radius 3 is 1.87 bits per heavy atom. The Hall–Kier alpha value is -1.37. The van der Waals surface area contributed by atoms with Gasteiger partial charge in [0.2, 0.25) is 0 Å². The van der Waals surface area contributed by atoms with E-state index in [1.165, 1.54) is 11.1 Å². The van der Waals surface area contributed by atoms with Gasteiger partial charge in [0, 0.05) is 38.5 Å². The third-order valence-electron chi connectivity index (χ3n) is 5.58. The van der Waals surface area contributed by atoms with E-state index in [0.717, 1.165) is 51.5 Å². The number of hydrogen-bond donors (Lipinski definition) is 0. The van der Waals surface area contributed by atoms with Crippen molar-refractivity contribution in [3.05, 3.63) is 102 Å². The van der Waals surface area contributed by atoms with Crippen molar-refractivity contribution in [1.29, 1.82) is 0 Å². The van der Waals surface area contributed by atoms with Gasteiger partial charge in [-0.05, 0) is 17.5 Å². The maximum atomic E-state index is 5.81. The van der Waals surface area contributed by atoms with Crippen molar-refractivity contribution < 1.29 is 21.7 Å². The number of nitrogens with zero attached hydrogens (tertiary/aromatic N) is 2. The summed E-state index contributed by atoms with van der Waals surface area (Å²) in [6.07, 6.45) is 1.05. The van der Waals surface area contributed by atoms with Crippen LogP contribution < -0.4 is 21.7 Å². The molecular formula is C26H29BrMgN2O. The molecule has 3 nitrogen and oxygen atoms in total. The van der Waals surface area contributed by atoms with Crippen molar-refractivity contribution in [1.82, 2.24) is 9.80 Å². The Labute approximate surface area is 213 Å². The number of halogens is 1. The molecule has 1 fully saturated rings. The second-order valence-corrected chi connectivity index (χ2v) is 7.54. The van der Waals surface area contributed by atoms with E-state index in [4.69, 9.17) is 4.74 Å². The fraction of sp³-hybridized carbons (Fsp3) is 0.308. The van der Waals surface area contributed by atoms with Crippen molar-refractivity contribution in [2.24, 2.45) is 0 Å². The van der Waals surface area contributed by atoms with Gasteiger partial charge in [0.1, 0.15) is 0 Å². The second kappa shape index (κ2) is 13.9. The van der Waals surface area contributed by atoms with E-state index < -0.39 is 0 Å². The first-order valence-corrected chi connectivity index (χ1v) is 10.6. The van der Waals surface area contributed by atoms with Gasteiger partial charge in [-0.2, -0.15) is 18.2 Å². The van der Waals surface area contributed by atoms with E-state index in [1.807, 2.05) is 24.3 Å². The summed E-state index contributed by atoms with van der Waals surface area (Å²) in [5.74, 6) is 0.933. The van der Waals surface area contributed by atoms with Crippen LogP contribution in [0, 0.1) is 6.07 Å². The van der Waals surface area contributed by atoms with Gasteiger partial charge < -0.3 is 26.6 Å². The first-order valence-electron chi connectivity index (χ1n) is 10.6. The van der Waals surface area contributed by atoms with Crippen LogP contribution in [0.2, 0.25) is 0 Å². The van der Waals surface area contributed by atoms with E-state index in [-0.39, 0.29) is 40.0 Å². The Balaban J connectivity index is 0.00000171. The van der Waals surface area contributed by atoms with Crippen LogP contribution in [0.25, 0.3) is 0 Å². The molecule has 0 N–H and O–H groups in total. The summed E-state index contributed by atoms with van der Waals surface area (Å²) in [5.41, 5.74) is 2.75. The first kappa shape index (κ1) is 25.9. The Morgan fingerprint density at radius 2 is 1.32 bits per heavy atom. The van der Waals surface area contributed by atoms with Gasteiger partial charge in [0.15, 0.2) is 0 Å². The Bertz CT molecular complexity index is 804. The van der Waals surface area contributed by atoms with Crippen LogP contribution in [0.1, 0.15) is 23.6 Å². The normalized spacial score (nSPS) is 14.5. The molecule has 0 radical (unpaired) electrons. The predicted molar refractivity (Wildman–Crippen MR) is 124 cm³/mol. The summed E-state index contributed by atoms with van der Waals surface area (Å²) in [7, 11) is 0. The van der Waals surface area contributed by atoms with Crippen LogP contribution in [0.15, 0.2) is 84.9 Å². The molecule has 1 saturated heterocycles. The smallest absolute Gasteiger partial charge is 1.00 e. The number of piperazine rings is 1. The van der Waals surface area contributed by atoms with Gasteiger partial charge in [0.05, 0.1) is 12.6 Å². The average molecular weight is 490 g/mol. The summed E-state index contributed by atoms with van der Waals surface area (Å²) in [5, 5.41) is 0. The van der Waals surface area contributed by atoms with E-state index in [0.29, 0.717) is 6.04 Å². The van der Waals surface area contributed by atoms with E-state index in [1.54, 1.807) is 0 Å². The van der Waals surface area contributed by atoms with Gasteiger partial charge >= 0.3 is 23.1 Å². The van der Waals surface area contributed by atoms with Crippen LogP contribution in [0.3, 0.4) is 0 Å². The Morgan fingerprint density at radius 1 is 0.774 bits per heavy atom. The molecule has 0 aromatic heterocycles. The standard InChI is InChI=1S/C26H29N2O.BrH.Mg/c1-4-11-23(12-5-1)26(24-13-6-2-7-14-24)28-20-18-27(19-21-28)17-10-22-29-25-15-8-3-9-16-25;;/h1-2,4-9,11-16,26H,10,17-22H2;1H;/q-1;;+2/p-1. The molecule has 4 rings (SSSR count). The summed E-state index contributed by atoms with van der Waals surface area (Å²) >= 11 is 0. The van der Waals surface area contributed by atoms with E-state index in [9.17, 15) is 0 Å². The number of rotatable bonds is 8. The fourth-order valence-electron chi connectivity index (χ4n) is 4.08. The van der Waals surface area contributed by atoms with Crippen LogP contribution in [0.5, 0.6) is 5.75 Å². The van der Waals surface area contributed by atoms with Gasteiger partial charge in [-0.15, -0.1) is 12.1 Å². The molecule has 0 amide bonds. The molecule has 1 aliphatic rings. The molecule has 5 heteroatoms. The third kappa shape index (κ3) is 7.61. The van der Waals surface area contributed by atoms with Crippen LogP contribution in [-0.4, -0.2) is 72.2 Å². The third-order valence-corrected chi connectivity index (χ3v) is 5.58. The molecule has 0 unspecified atom stereocenters. The minimum absolute atomic E-state index is 0. The first-order chi connectivity index (χ1) is 14.4. The number of ether oxygens (including phenoxy) is 1. The topological polar surface area (TPSA) is 15.7 Å². The quantitative estimate of drug-likeness (QED) is 0.269.